The Hall–Kier alpha value is -7.04. The van der Waals surface area contributed by atoms with Crippen LogP contribution < -0.4 is 0 Å². The summed E-state index contributed by atoms with van der Waals surface area (Å²) in [4.78, 5) is 9.89. The molecule has 2 heterocycles. The number of para-hydroxylation sites is 1. The van der Waals surface area contributed by atoms with Crippen molar-refractivity contribution in [2.75, 3.05) is 0 Å². The van der Waals surface area contributed by atoms with E-state index < -0.39 is 109 Å². The van der Waals surface area contributed by atoms with Crippen LogP contribution in [0.4, 0.5) is 0 Å². The molecule has 0 atom stereocenters. The molecule has 0 saturated heterocycles. The zero-order valence-corrected chi connectivity index (χ0v) is 41.8. The molecule has 9 rings (SSSR count). The van der Waals surface area contributed by atoms with Crippen LogP contribution in [0, 0.1) is 6.85 Å². The smallest absolute Gasteiger partial charge is 0.149 e. The first-order valence-corrected chi connectivity index (χ1v) is 23.6. The lowest BCUT2D eigenvalue weighted by Crippen LogP contribution is -2.11. The predicted octanol–water partition coefficient (Wildman–Crippen LogP) is 18.6. The summed E-state index contributed by atoms with van der Waals surface area (Å²) >= 11 is 0. The molecule has 2 aromatic heterocycles. The average molecular weight is 955 g/mol. The Labute approximate surface area is 453 Å². The maximum absolute atomic E-state index is 12.7. The molecule has 0 unspecified atom stereocenters. The van der Waals surface area contributed by atoms with Crippen LogP contribution >= 0.6 is 0 Å². The number of nitrogens with zero attached hydrogens (tertiary/aromatic N) is 3. The van der Waals surface area contributed by atoms with E-state index in [1.165, 1.54) is 0 Å². The molecule has 0 radical (unpaired) electrons. The van der Waals surface area contributed by atoms with E-state index in [0.29, 0.717) is 61.2 Å². The molecule has 4 nitrogen and oxygen atoms in total. The van der Waals surface area contributed by atoms with Crippen molar-refractivity contribution in [3.05, 3.63) is 191 Å². The highest BCUT2D eigenvalue weighted by Crippen LogP contribution is 2.46. The molecule has 0 spiro atoms. The van der Waals surface area contributed by atoms with E-state index in [0.717, 1.165) is 5.56 Å². The number of hydrogen-bond acceptors (Lipinski definition) is 3. The summed E-state index contributed by atoms with van der Waals surface area (Å²) in [6.45, 7) is 4.12. The second-order valence-corrected chi connectivity index (χ2v) is 20.7. The average Bonchev–Trinajstić information content (AvgIpc) is 0.931. The van der Waals surface area contributed by atoms with Gasteiger partial charge in [0.1, 0.15) is 11.6 Å². The number of hydrogen-bond donors (Lipinski definition) is 1. The molecule has 4 heteroatoms. The van der Waals surface area contributed by atoms with Gasteiger partial charge in [-0.15, -0.1) is 0 Å². The lowest BCUT2D eigenvalue weighted by atomic mass is 9.83. The lowest BCUT2D eigenvalue weighted by molar-refractivity contribution is 0.466. The molecule has 0 aliphatic heterocycles. The van der Waals surface area contributed by atoms with Crippen molar-refractivity contribution in [1.29, 1.82) is 0 Å². The molecule has 0 bridgehead atoms. The van der Waals surface area contributed by atoms with E-state index in [1.54, 1.807) is 76.2 Å². The summed E-state index contributed by atoms with van der Waals surface area (Å²) in [6.07, 6.45) is -0.793. The van der Waals surface area contributed by atoms with Crippen LogP contribution in [-0.2, 0) is 16.2 Å². The van der Waals surface area contributed by atoms with Crippen molar-refractivity contribution >= 4 is 11.0 Å². The van der Waals surface area contributed by atoms with Crippen LogP contribution in [0.3, 0.4) is 0 Å². The van der Waals surface area contributed by atoms with Crippen molar-refractivity contribution in [2.24, 2.45) is 0 Å². The number of pyridine rings is 1. The molecule has 1 N–H and O–H groups in total. The Balaban J connectivity index is 1.41. The Kier molecular flexibility index (Phi) is 7.69. The summed E-state index contributed by atoms with van der Waals surface area (Å²) in [5, 5.41) is 12.7. The second-order valence-electron chi connectivity index (χ2n) is 20.7. The number of phenolic OH excluding ortho intramolecular Hbond substituents is 1. The first-order chi connectivity index (χ1) is 42.0. The highest BCUT2D eigenvalue weighted by Gasteiger charge is 2.27. The maximum atomic E-state index is 12.7. The number of aromatic hydroxyl groups is 1. The zero-order valence-electron chi connectivity index (χ0n) is 62.8. The molecule has 0 saturated carbocycles. The van der Waals surface area contributed by atoms with Gasteiger partial charge >= 0.3 is 0 Å². The minimum absolute atomic E-state index is 0.0621. The quantitative estimate of drug-likeness (QED) is 0.157. The molecular weight excluding hydrogens is 863 g/mol. The minimum Gasteiger partial charge on any atom is -0.507 e. The third-order valence-electron chi connectivity index (χ3n) is 12.9. The SMILES string of the molecule is [2H]c1nc(-c2cc(-c3cccc4c3nc(-c3cc(C([2H])(C)C)cc(C([2H])(C)C)c3O)n4-c3cc(-c4ccccc4)c(C([2H])([2H])[2H])cc3-c3ccc(C(C)(C)C)cc3)cc(C(C)(C)C)c2)c([2H])c(-c2c([2H])c([2H])c(C(C([2H])([2H])[2H])(C([2H])([2H])[2H])C([2H])([2H])[2H])c([2H])c2[2H])c1[2H]. The molecule has 9 aromatic rings. The fraction of sp³-hybridized carbons (Fsp3) is 0.284. The first kappa shape index (κ1) is 29.3. The van der Waals surface area contributed by atoms with Crippen molar-refractivity contribution in [3.8, 4) is 78.6 Å². The number of fused-ring (bicyclic) bond motifs is 1. The third-order valence-corrected chi connectivity index (χ3v) is 12.9. The number of aromatic nitrogens is 3. The predicted molar refractivity (Wildman–Crippen MR) is 302 cm³/mol. The number of benzene rings is 7. The second kappa shape index (κ2) is 18.6. The molecule has 0 aliphatic carbocycles. The Morgan fingerprint density at radius 2 is 1.25 bits per heavy atom. The van der Waals surface area contributed by atoms with Crippen molar-refractivity contribution in [3.63, 3.8) is 0 Å². The van der Waals surface area contributed by atoms with Gasteiger partial charge < -0.3 is 5.11 Å². The van der Waals surface area contributed by atoms with Crippen LogP contribution in [0.2, 0.25) is 0 Å². The topological polar surface area (TPSA) is 50.9 Å². The van der Waals surface area contributed by atoms with Gasteiger partial charge in [-0.05, 0) is 150 Å². The van der Waals surface area contributed by atoms with Crippen molar-refractivity contribution in [1.82, 2.24) is 14.5 Å². The monoisotopic (exact) mass is 955 g/mol. The normalized spacial score (nSPS) is 17.7. The van der Waals surface area contributed by atoms with Crippen LogP contribution in [-0.4, -0.2) is 19.6 Å². The molecule has 7 aromatic carbocycles. The zero-order chi connectivity index (χ0) is 68.7. The fourth-order valence-electron chi connectivity index (χ4n) is 8.80. The van der Waals surface area contributed by atoms with E-state index in [1.807, 2.05) is 92.1 Å². The number of aryl methyl sites for hydroxylation is 1. The van der Waals surface area contributed by atoms with E-state index in [2.05, 4.69) is 25.8 Å². The lowest BCUT2D eigenvalue weighted by Gasteiger charge is -2.22. The van der Waals surface area contributed by atoms with Gasteiger partial charge in [0.25, 0.3) is 0 Å². The summed E-state index contributed by atoms with van der Waals surface area (Å²) in [5.41, 5.74) is -1.22. The van der Waals surface area contributed by atoms with E-state index >= 15 is 0 Å². The molecular formula is C67H71N3O. The molecule has 0 amide bonds. The van der Waals surface area contributed by atoms with E-state index in [4.69, 9.17) is 26.9 Å². The van der Waals surface area contributed by atoms with Crippen LogP contribution in [0.5, 0.6) is 5.75 Å². The summed E-state index contributed by atoms with van der Waals surface area (Å²) < 4.78 is 187. The summed E-state index contributed by atoms with van der Waals surface area (Å²) in [6, 6.07) is 27.7. The molecule has 0 aliphatic rings. The van der Waals surface area contributed by atoms with Gasteiger partial charge in [0.2, 0.25) is 0 Å². The van der Waals surface area contributed by atoms with Crippen LogP contribution in [0.15, 0.2) is 158 Å². The molecule has 360 valence electrons. The van der Waals surface area contributed by atoms with Gasteiger partial charge in [-0.3, -0.25) is 9.55 Å². The third kappa shape index (κ3) is 9.74. The highest BCUT2D eigenvalue weighted by molar-refractivity contribution is 5.98. The largest absolute Gasteiger partial charge is 0.507 e. The number of rotatable bonds is 9. The number of phenols is 1. The van der Waals surface area contributed by atoms with Gasteiger partial charge in [-0.25, -0.2) is 4.98 Å². The van der Waals surface area contributed by atoms with Gasteiger partial charge in [0.05, 0.1) is 37.6 Å². The Morgan fingerprint density at radius 1 is 0.563 bits per heavy atom. The molecule has 71 heavy (non-hydrogen) atoms. The van der Waals surface area contributed by atoms with Gasteiger partial charge in [0, 0.05) is 42.1 Å². The maximum Gasteiger partial charge on any atom is 0.149 e. The van der Waals surface area contributed by atoms with Gasteiger partial charge in [-0.2, -0.15) is 0 Å². The van der Waals surface area contributed by atoms with Crippen LogP contribution in [0.25, 0.3) is 83.9 Å². The number of imidazole rings is 1. The fourth-order valence-corrected chi connectivity index (χ4v) is 8.80. The van der Waals surface area contributed by atoms with Gasteiger partial charge in [-0.1, -0.05) is 193 Å². The van der Waals surface area contributed by atoms with E-state index in [-0.39, 0.29) is 44.9 Å². The van der Waals surface area contributed by atoms with Crippen molar-refractivity contribution in [2.45, 2.75) is 125 Å². The molecule has 0 fully saturated rings. The Bertz CT molecular complexity index is 4330. The standard InChI is InChI=1S/C67H71N3O/c1-41(2)48-37-55(42(3)4)63(71)58(38-48)64-69-62-54(49-34-50(36-53(35-49)67(12,13)14)59-39-47(31-32-68-59)44-23-27-51(28-24-44)65(6,7)8)21-18-22-60(62)70(64)61-40-56(45-19-16-15-17-20-45)43(5)33-57(61)46-25-29-52(30-26-46)66(9,10)11/h15-42,71H,1-14H3/i5D3,6D3,7D3,8D3,23D,24D,27D,28D,31D,32D,39D,41D,42D. The Morgan fingerprint density at radius 3 is 1.90 bits per heavy atom. The van der Waals surface area contributed by atoms with Crippen molar-refractivity contribution < 1.29 is 33.9 Å². The summed E-state index contributed by atoms with van der Waals surface area (Å²) in [5.74, 6) is -2.83. The minimum atomic E-state index is -3.97. The first-order valence-electron chi connectivity index (χ1n) is 34.1. The van der Waals surface area contributed by atoms with Crippen LogP contribution in [0.1, 0.15) is 164 Å². The van der Waals surface area contributed by atoms with E-state index in [9.17, 15) is 12.0 Å². The van der Waals surface area contributed by atoms with Gasteiger partial charge in [0.15, 0.2) is 0 Å². The highest BCUT2D eigenvalue weighted by atomic mass is 16.3. The summed E-state index contributed by atoms with van der Waals surface area (Å²) in [7, 11) is 0.